The minimum atomic E-state index is 0.425. The first-order valence-electron chi connectivity index (χ1n) is 6.48. The summed E-state index contributed by atoms with van der Waals surface area (Å²) in [7, 11) is 2.13. The molecular formula is C15H21NO. The second-order valence-corrected chi connectivity index (χ2v) is 5.15. The molecule has 1 heterocycles. The predicted molar refractivity (Wildman–Crippen MR) is 70.0 cm³/mol. The van der Waals surface area contributed by atoms with E-state index in [9.17, 15) is 4.79 Å². The second kappa shape index (κ2) is 5.97. The lowest BCUT2D eigenvalue weighted by Gasteiger charge is -2.09. The van der Waals surface area contributed by atoms with Gasteiger partial charge in [-0.05, 0) is 37.9 Å². The molecular weight excluding hydrogens is 210 g/mol. The summed E-state index contributed by atoms with van der Waals surface area (Å²) >= 11 is 0. The molecule has 0 bridgehead atoms. The first-order chi connectivity index (χ1) is 8.24. The van der Waals surface area contributed by atoms with Crippen LogP contribution in [0, 0.1) is 5.92 Å². The summed E-state index contributed by atoms with van der Waals surface area (Å²) in [6.45, 7) is 2.24. The van der Waals surface area contributed by atoms with Crippen LogP contribution in [-0.2, 0) is 11.2 Å². The molecule has 1 atom stereocenters. The van der Waals surface area contributed by atoms with Crippen LogP contribution >= 0.6 is 0 Å². The number of Topliss-reactive ketones (excluding diaryl/α,β-unsaturated/α-hetero) is 1. The van der Waals surface area contributed by atoms with E-state index in [2.05, 4.69) is 24.1 Å². The Balaban J connectivity index is 1.71. The molecule has 0 spiro atoms. The van der Waals surface area contributed by atoms with Crippen LogP contribution in [0.2, 0.25) is 0 Å². The molecule has 0 N–H and O–H groups in total. The van der Waals surface area contributed by atoms with Gasteiger partial charge in [-0.15, -0.1) is 0 Å². The summed E-state index contributed by atoms with van der Waals surface area (Å²) in [4.78, 5) is 14.2. The smallest absolute Gasteiger partial charge is 0.133 e. The molecule has 1 fully saturated rings. The Morgan fingerprint density at radius 3 is 2.76 bits per heavy atom. The fourth-order valence-corrected chi connectivity index (χ4v) is 2.55. The molecule has 1 saturated heterocycles. The highest BCUT2D eigenvalue weighted by Gasteiger charge is 2.21. The van der Waals surface area contributed by atoms with Gasteiger partial charge in [-0.25, -0.2) is 0 Å². The van der Waals surface area contributed by atoms with Crippen LogP contribution in [0.4, 0.5) is 0 Å². The number of rotatable bonds is 5. The average Bonchev–Trinajstić information content (AvgIpc) is 2.73. The topological polar surface area (TPSA) is 20.3 Å². The number of aryl methyl sites for hydroxylation is 1. The van der Waals surface area contributed by atoms with Crippen molar-refractivity contribution in [3.63, 3.8) is 0 Å². The molecule has 92 valence electrons. The number of likely N-dealkylation sites (tertiary alicyclic amines) is 1. The van der Waals surface area contributed by atoms with Crippen molar-refractivity contribution in [3.8, 4) is 0 Å². The van der Waals surface area contributed by atoms with E-state index in [1.165, 1.54) is 12.0 Å². The lowest BCUT2D eigenvalue weighted by Crippen LogP contribution is -2.16. The van der Waals surface area contributed by atoms with Gasteiger partial charge >= 0.3 is 0 Å². The molecule has 0 aromatic heterocycles. The zero-order valence-electron chi connectivity index (χ0n) is 10.6. The maximum atomic E-state index is 11.9. The minimum Gasteiger partial charge on any atom is -0.306 e. The normalized spacial score (nSPS) is 20.6. The Labute approximate surface area is 104 Å². The fourth-order valence-electron chi connectivity index (χ4n) is 2.55. The van der Waals surface area contributed by atoms with Gasteiger partial charge in [-0.3, -0.25) is 4.79 Å². The van der Waals surface area contributed by atoms with E-state index in [0.29, 0.717) is 18.1 Å². The molecule has 1 aliphatic rings. The Morgan fingerprint density at radius 2 is 2.12 bits per heavy atom. The summed E-state index contributed by atoms with van der Waals surface area (Å²) in [5.74, 6) is 1.03. The standard InChI is InChI=1S/C15H21NO/c1-16-10-9-14(12-16)11-15(17)8-7-13-5-3-2-4-6-13/h2-6,14H,7-12H2,1H3. The van der Waals surface area contributed by atoms with Gasteiger partial charge in [-0.1, -0.05) is 30.3 Å². The van der Waals surface area contributed by atoms with Gasteiger partial charge in [0.05, 0.1) is 0 Å². The van der Waals surface area contributed by atoms with Gasteiger partial charge < -0.3 is 4.90 Å². The Kier molecular flexibility index (Phi) is 4.32. The zero-order chi connectivity index (χ0) is 12.1. The number of ketones is 1. The van der Waals surface area contributed by atoms with Crippen LogP contribution in [0.3, 0.4) is 0 Å². The third kappa shape index (κ3) is 3.97. The van der Waals surface area contributed by atoms with Crippen molar-refractivity contribution in [3.05, 3.63) is 35.9 Å². The molecule has 0 radical (unpaired) electrons. The summed E-state index contributed by atoms with van der Waals surface area (Å²) in [5, 5.41) is 0. The van der Waals surface area contributed by atoms with Gasteiger partial charge in [0.2, 0.25) is 0 Å². The third-order valence-corrected chi connectivity index (χ3v) is 3.54. The van der Waals surface area contributed by atoms with E-state index in [0.717, 1.165) is 25.9 Å². The van der Waals surface area contributed by atoms with Crippen molar-refractivity contribution >= 4 is 5.78 Å². The van der Waals surface area contributed by atoms with Crippen LogP contribution in [0.25, 0.3) is 0 Å². The first-order valence-corrected chi connectivity index (χ1v) is 6.48. The van der Waals surface area contributed by atoms with Gasteiger partial charge in [0.25, 0.3) is 0 Å². The van der Waals surface area contributed by atoms with Crippen LogP contribution in [0.1, 0.15) is 24.8 Å². The second-order valence-electron chi connectivity index (χ2n) is 5.15. The lowest BCUT2D eigenvalue weighted by molar-refractivity contribution is -0.119. The van der Waals surface area contributed by atoms with Crippen molar-refractivity contribution in [1.82, 2.24) is 4.90 Å². The number of benzene rings is 1. The van der Waals surface area contributed by atoms with Crippen LogP contribution in [0.5, 0.6) is 0 Å². The number of nitrogens with zero attached hydrogens (tertiary/aromatic N) is 1. The maximum Gasteiger partial charge on any atom is 0.133 e. The SMILES string of the molecule is CN1CCC(CC(=O)CCc2ccccc2)C1. The minimum absolute atomic E-state index is 0.425. The van der Waals surface area contributed by atoms with Crippen molar-refractivity contribution in [2.45, 2.75) is 25.7 Å². The third-order valence-electron chi connectivity index (χ3n) is 3.54. The lowest BCUT2D eigenvalue weighted by atomic mass is 9.98. The van der Waals surface area contributed by atoms with Gasteiger partial charge in [-0.2, -0.15) is 0 Å². The first kappa shape index (κ1) is 12.3. The molecule has 1 unspecified atom stereocenters. The van der Waals surface area contributed by atoms with Crippen molar-refractivity contribution in [2.75, 3.05) is 20.1 Å². The van der Waals surface area contributed by atoms with Gasteiger partial charge in [0.15, 0.2) is 0 Å². The quantitative estimate of drug-likeness (QED) is 0.776. The van der Waals surface area contributed by atoms with E-state index in [4.69, 9.17) is 0 Å². The molecule has 1 aliphatic heterocycles. The number of carbonyl (C=O) groups excluding carboxylic acids is 1. The number of carbonyl (C=O) groups is 1. The van der Waals surface area contributed by atoms with E-state index in [1.54, 1.807) is 0 Å². The monoisotopic (exact) mass is 231 g/mol. The molecule has 2 heteroatoms. The Hall–Kier alpha value is -1.15. The molecule has 2 nitrogen and oxygen atoms in total. The molecule has 17 heavy (non-hydrogen) atoms. The average molecular weight is 231 g/mol. The van der Waals surface area contributed by atoms with Crippen molar-refractivity contribution in [2.24, 2.45) is 5.92 Å². The molecule has 1 aromatic rings. The van der Waals surface area contributed by atoms with Crippen LogP contribution in [-0.4, -0.2) is 30.8 Å². The molecule has 0 amide bonds. The highest BCUT2D eigenvalue weighted by Crippen LogP contribution is 2.19. The summed E-state index contributed by atoms with van der Waals surface area (Å²) < 4.78 is 0. The largest absolute Gasteiger partial charge is 0.306 e. The molecule has 1 aromatic carbocycles. The van der Waals surface area contributed by atoms with E-state index >= 15 is 0 Å². The summed E-state index contributed by atoms with van der Waals surface area (Å²) in [6, 6.07) is 10.3. The fraction of sp³-hybridized carbons (Fsp3) is 0.533. The summed E-state index contributed by atoms with van der Waals surface area (Å²) in [6.07, 6.45) is 3.55. The number of hydrogen-bond acceptors (Lipinski definition) is 2. The van der Waals surface area contributed by atoms with Crippen molar-refractivity contribution in [1.29, 1.82) is 0 Å². The predicted octanol–water partition coefficient (Wildman–Crippen LogP) is 2.53. The molecule has 2 rings (SSSR count). The Bertz CT molecular complexity index is 360. The van der Waals surface area contributed by atoms with E-state index in [-0.39, 0.29) is 0 Å². The zero-order valence-corrected chi connectivity index (χ0v) is 10.6. The van der Waals surface area contributed by atoms with E-state index < -0.39 is 0 Å². The molecule has 0 aliphatic carbocycles. The Morgan fingerprint density at radius 1 is 1.35 bits per heavy atom. The molecule has 0 saturated carbocycles. The van der Waals surface area contributed by atoms with Gasteiger partial charge in [0, 0.05) is 19.4 Å². The maximum absolute atomic E-state index is 11.9. The number of hydrogen-bond donors (Lipinski definition) is 0. The van der Waals surface area contributed by atoms with Crippen LogP contribution < -0.4 is 0 Å². The van der Waals surface area contributed by atoms with Gasteiger partial charge in [0.1, 0.15) is 5.78 Å². The van der Waals surface area contributed by atoms with E-state index in [1.807, 2.05) is 18.2 Å². The highest BCUT2D eigenvalue weighted by molar-refractivity contribution is 5.78. The summed E-state index contributed by atoms with van der Waals surface area (Å²) in [5.41, 5.74) is 1.27. The van der Waals surface area contributed by atoms with Crippen molar-refractivity contribution < 1.29 is 4.79 Å². The highest BCUT2D eigenvalue weighted by atomic mass is 16.1. The van der Waals surface area contributed by atoms with Crippen LogP contribution in [0.15, 0.2) is 30.3 Å².